The molecule has 0 amide bonds. The minimum Gasteiger partial charge on any atom is -0.396 e. The minimum atomic E-state index is 0.170. The molecular weight excluding hydrogens is 96.1 g/mol. The van der Waals surface area contributed by atoms with Crippen LogP contribution in [-0.2, 0) is 0 Å². The molecule has 2 heteroatoms. The van der Waals surface area contributed by atoms with Gasteiger partial charge in [-0.3, -0.25) is 0 Å². The van der Waals surface area contributed by atoms with Crippen LogP contribution in [0, 0.1) is 5.92 Å². The van der Waals surface area contributed by atoms with Crippen molar-refractivity contribution in [3.8, 4) is 0 Å². The van der Waals surface area contributed by atoms with Crippen LogP contribution in [0.5, 0.6) is 0 Å². The summed E-state index contributed by atoms with van der Waals surface area (Å²) in [5, 5.41) is 9.79. The van der Waals surface area contributed by atoms with Crippen LogP contribution < -0.4 is 0 Å². The summed E-state index contributed by atoms with van der Waals surface area (Å²) >= 11 is 4.49. The molecule has 0 aromatic rings. The van der Waals surface area contributed by atoms with Crippen LogP contribution in [0.3, 0.4) is 0 Å². The molecule has 0 fully saturated rings. The standard InChI is InChI=1S/C4H8OS/c1-4(2-5)3-6/h3-5H,2H2,1H3. The highest BCUT2D eigenvalue weighted by atomic mass is 32.1. The van der Waals surface area contributed by atoms with Gasteiger partial charge in [-0.05, 0) is 5.37 Å². The average Bonchev–Trinajstić information content (AvgIpc) is 1.65. The fourth-order valence-corrected chi connectivity index (χ4v) is 0.129. The number of rotatable bonds is 2. The summed E-state index contributed by atoms with van der Waals surface area (Å²) in [7, 11) is 0. The van der Waals surface area contributed by atoms with Crippen molar-refractivity contribution in [1.82, 2.24) is 0 Å². The lowest BCUT2D eigenvalue weighted by Crippen LogP contribution is -1.98. The molecule has 1 N–H and O–H groups in total. The highest BCUT2D eigenvalue weighted by Gasteiger charge is 1.87. The van der Waals surface area contributed by atoms with Crippen LogP contribution in [0.1, 0.15) is 6.92 Å². The molecule has 0 spiro atoms. The fourth-order valence-electron chi connectivity index (χ4n) is 0.0430. The van der Waals surface area contributed by atoms with Crippen molar-refractivity contribution in [2.45, 2.75) is 6.92 Å². The van der Waals surface area contributed by atoms with Gasteiger partial charge in [0.2, 0.25) is 0 Å². The lowest BCUT2D eigenvalue weighted by atomic mass is 10.2. The first-order chi connectivity index (χ1) is 2.81. The molecule has 0 aromatic carbocycles. The summed E-state index contributed by atoms with van der Waals surface area (Å²) in [4.78, 5) is 0. The first-order valence-corrected chi connectivity index (χ1v) is 2.34. The van der Waals surface area contributed by atoms with E-state index in [-0.39, 0.29) is 12.5 Å². The summed E-state index contributed by atoms with van der Waals surface area (Å²) in [6, 6.07) is 0. The fraction of sp³-hybridized carbons (Fsp3) is 0.750. The Morgan fingerprint density at radius 3 is 2.50 bits per heavy atom. The highest BCUT2D eigenvalue weighted by molar-refractivity contribution is 7.79. The van der Waals surface area contributed by atoms with Crippen molar-refractivity contribution >= 4 is 17.6 Å². The third kappa shape index (κ3) is 2.30. The Bertz CT molecular complexity index is 44.8. The van der Waals surface area contributed by atoms with Crippen molar-refractivity contribution in [2.24, 2.45) is 5.92 Å². The molecular formula is C4H8OS. The second-order valence-corrected chi connectivity index (χ2v) is 1.57. The maximum absolute atomic E-state index is 8.24. The quantitative estimate of drug-likeness (QED) is 0.518. The van der Waals surface area contributed by atoms with Crippen LogP contribution in [-0.4, -0.2) is 17.1 Å². The second-order valence-electron chi connectivity index (χ2n) is 1.30. The number of hydrogen-bond acceptors (Lipinski definition) is 2. The SMILES string of the molecule is CC(C=S)CO. The molecule has 0 aliphatic rings. The number of thiocarbonyl (C=S) groups is 1. The summed E-state index contributed by atoms with van der Waals surface area (Å²) in [5.41, 5.74) is 0. The molecule has 0 aliphatic heterocycles. The summed E-state index contributed by atoms with van der Waals surface area (Å²) in [5.74, 6) is 0.181. The van der Waals surface area contributed by atoms with E-state index in [1.807, 2.05) is 6.92 Å². The molecule has 1 unspecified atom stereocenters. The molecule has 0 aliphatic carbocycles. The molecule has 0 radical (unpaired) electrons. The van der Waals surface area contributed by atoms with Gasteiger partial charge in [0, 0.05) is 12.5 Å². The topological polar surface area (TPSA) is 20.2 Å². The zero-order valence-electron chi connectivity index (χ0n) is 3.72. The Morgan fingerprint density at radius 1 is 2.00 bits per heavy atom. The van der Waals surface area contributed by atoms with Crippen molar-refractivity contribution < 1.29 is 5.11 Å². The first-order valence-electron chi connectivity index (χ1n) is 1.87. The molecule has 0 aromatic heterocycles. The maximum Gasteiger partial charge on any atom is 0.0499 e. The van der Waals surface area contributed by atoms with Gasteiger partial charge in [0.05, 0.1) is 0 Å². The van der Waals surface area contributed by atoms with Crippen molar-refractivity contribution in [3.63, 3.8) is 0 Å². The van der Waals surface area contributed by atoms with Crippen LogP contribution >= 0.6 is 12.2 Å². The smallest absolute Gasteiger partial charge is 0.0499 e. The summed E-state index contributed by atoms with van der Waals surface area (Å²) in [6.45, 7) is 2.04. The molecule has 0 saturated heterocycles. The Hall–Kier alpha value is 0.0500. The Morgan fingerprint density at radius 2 is 2.50 bits per heavy atom. The van der Waals surface area contributed by atoms with E-state index in [1.165, 1.54) is 0 Å². The lowest BCUT2D eigenvalue weighted by Gasteiger charge is -1.91. The van der Waals surface area contributed by atoms with E-state index >= 15 is 0 Å². The van der Waals surface area contributed by atoms with E-state index in [9.17, 15) is 0 Å². The van der Waals surface area contributed by atoms with Gasteiger partial charge in [-0.2, -0.15) is 0 Å². The van der Waals surface area contributed by atoms with Gasteiger partial charge in [-0.15, -0.1) is 0 Å². The third-order valence-corrected chi connectivity index (χ3v) is 0.985. The van der Waals surface area contributed by atoms with E-state index in [2.05, 4.69) is 12.2 Å². The molecule has 0 saturated carbocycles. The summed E-state index contributed by atoms with van der Waals surface area (Å²) < 4.78 is 0. The van der Waals surface area contributed by atoms with Gasteiger partial charge >= 0.3 is 0 Å². The van der Waals surface area contributed by atoms with Crippen LogP contribution in [0.25, 0.3) is 0 Å². The number of aliphatic hydroxyl groups is 1. The van der Waals surface area contributed by atoms with Gasteiger partial charge in [-0.1, -0.05) is 19.1 Å². The predicted octanol–water partition coefficient (Wildman–Crippen LogP) is 0.615. The van der Waals surface area contributed by atoms with E-state index in [4.69, 9.17) is 5.11 Å². The normalized spacial score (nSPS) is 13.7. The Labute approximate surface area is 43.0 Å². The molecule has 0 bridgehead atoms. The molecule has 6 heavy (non-hydrogen) atoms. The average molecular weight is 104 g/mol. The van der Waals surface area contributed by atoms with Crippen molar-refractivity contribution in [1.29, 1.82) is 0 Å². The Balaban J connectivity index is 2.96. The van der Waals surface area contributed by atoms with E-state index in [0.717, 1.165) is 0 Å². The van der Waals surface area contributed by atoms with E-state index in [0.29, 0.717) is 0 Å². The minimum absolute atomic E-state index is 0.170. The monoisotopic (exact) mass is 104 g/mol. The highest BCUT2D eigenvalue weighted by Crippen LogP contribution is 1.83. The molecule has 1 nitrogen and oxygen atoms in total. The number of aliphatic hydroxyl groups excluding tert-OH is 1. The third-order valence-electron chi connectivity index (χ3n) is 0.520. The zero-order valence-corrected chi connectivity index (χ0v) is 4.53. The predicted molar refractivity (Wildman–Crippen MR) is 29.9 cm³/mol. The van der Waals surface area contributed by atoms with Gasteiger partial charge < -0.3 is 5.11 Å². The van der Waals surface area contributed by atoms with Gasteiger partial charge in [0.25, 0.3) is 0 Å². The van der Waals surface area contributed by atoms with Crippen molar-refractivity contribution in [3.05, 3.63) is 0 Å². The second kappa shape index (κ2) is 3.25. The molecule has 0 rings (SSSR count). The first kappa shape index (κ1) is 6.05. The molecule has 1 atom stereocenters. The zero-order chi connectivity index (χ0) is 4.99. The molecule has 0 heterocycles. The van der Waals surface area contributed by atoms with E-state index in [1.54, 1.807) is 5.37 Å². The largest absolute Gasteiger partial charge is 0.396 e. The maximum atomic E-state index is 8.24. The van der Waals surface area contributed by atoms with Gasteiger partial charge in [0.1, 0.15) is 0 Å². The van der Waals surface area contributed by atoms with Crippen LogP contribution in [0.2, 0.25) is 0 Å². The molecule has 36 valence electrons. The van der Waals surface area contributed by atoms with Gasteiger partial charge in [0.15, 0.2) is 0 Å². The van der Waals surface area contributed by atoms with Crippen LogP contribution in [0.15, 0.2) is 0 Å². The van der Waals surface area contributed by atoms with Crippen LogP contribution in [0.4, 0.5) is 0 Å². The van der Waals surface area contributed by atoms with E-state index < -0.39 is 0 Å². The Kier molecular flexibility index (Phi) is 3.28. The summed E-state index contributed by atoms with van der Waals surface area (Å²) in [6.07, 6.45) is 0. The number of hydrogen-bond donors (Lipinski definition) is 1. The van der Waals surface area contributed by atoms with Gasteiger partial charge in [-0.25, -0.2) is 0 Å². The van der Waals surface area contributed by atoms with Crippen molar-refractivity contribution in [2.75, 3.05) is 6.61 Å². The lowest BCUT2D eigenvalue weighted by molar-refractivity contribution is 0.273.